The first kappa shape index (κ1) is 18.6. The van der Waals surface area contributed by atoms with Crippen LogP contribution in [0.5, 0.6) is 0 Å². The van der Waals surface area contributed by atoms with Gasteiger partial charge in [-0.25, -0.2) is 4.68 Å². The van der Waals surface area contributed by atoms with Gasteiger partial charge in [-0.3, -0.25) is 9.59 Å². The van der Waals surface area contributed by atoms with Crippen LogP contribution in [0, 0.1) is 0 Å². The highest BCUT2D eigenvalue weighted by molar-refractivity contribution is 7.20. The molecule has 3 heterocycles. The van der Waals surface area contributed by atoms with Crippen molar-refractivity contribution in [2.45, 2.75) is 25.0 Å². The molecule has 0 saturated carbocycles. The van der Waals surface area contributed by atoms with Gasteiger partial charge in [0.25, 0.3) is 5.91 Å². The number of hydrogen-bond acceptors (Lipinski definition) is 6. The topological polar surface area (TPSA) is 92.2 Å². The Morgan fingerprint density at radius 2 is 2.21 bits per heavy atom. The summed E-state index contributed by atoms with van der Waals surface area (Å²) in [5, 5.41) is 15.3. The van der Waals surface area contributed by atoms with Gasteiger partial charge in [0, 0.05) is 25.3 Å². The van der Waals surface area contributed by atoms with Crippen LogP contribution in [-0.2, 0) is 11.3 Å². The zero-order chi connectivity index (χ0) is 19.7. The molecule has 28 heavy (non-hydrogen) atoms. The number of carbonyl (C=O) groups excluding carboxylic acids is 2. The fraction of sp³-hybridized carbons (Fsp3) is 0.368. The molecule has 0 aliphatic carbocycles. The van der Waals surface area contributed by atoms with E-state index in [2.05, 4.69) is 20.9 Å². The van der Waals surface area contributed by atoms with E-state index in [1.54, 1.807) is 23.7 Å². The second-order valence-electron chi connectivity index (χ2n) is 6.96. The van der Waals surface area contributed by atoms with Crippen LogP contribution < -0.4 is 10.6 Å². The summed E-state index contributed by atoms with van der Waals surface area (Å²) >= 11 is 1.50. The molecule has 2 atom stereocenters. The predicted octanol–water partition coefficient (Wildman–Crippen LogP) is 1.41. The predicted molar refractivity (Wildman–Crippen MR) is 107 cm³/mol. The summed E-state index contributed by atoms with van der Waals surface area (Å²) in [5.74, 6) is -0.0468. The molecule has 8 nitrogen and oxygen atoms in total. The van der Waals surface area contributed by atoms with Gasteiger partial charge < -0.3 is 15.5 Å². The third kappa shape index (κ3) is 3.63. The van der Waals surface area contributed by atoms with Crippen LogP contribution in [-0.4, -0.2) is 58.4 Å². The second kappa shape index (κ2) is 7.69. The van der Waals surface area contributed by atoms with Crippen molar-refractivity contribution in [2.75, 3.05) is 20.6 Å². The van der Waals surface area contributed by atoms with Crippen LogP contribution in [0.25, 0.3) is 10.1 Å². The molecule has 1 aliphatic heterocycles. The first-order valence-corrected chi connectivity index (χ1v) is 9.96. The van der Waals surface area contributed by atoms with E-state index in [0.717, 1.165) is 15.8 Å². The zero-order valence-corrected chi connectivity index (χ0v) is 16.6. The molecule has 3 aromatic rings. The largest absolute Gasteiger partial charge is 0.358 e. The molecule has 2 aromatic heterocycles. The van der Waals surface area contributed by atoms with E-state index < -0.39 is 0 Å². The molecule has 2 amide bonds. The smallest absolute Gasteiger partial charge is 0.264 e. The van der Waals surface area contributed by atoms with E-state index in [0.29, 0.717) is 24.4 Å². The van der Waals surface area contributed by atoms with Gasteiger partial charge in [0.1, 0.15) is 5.69 Å². The molecule has 4 rings (SSSR count). The van der Waals surface area contributed by atoms with Crippen LogP contribution in [0.2, 0.25) is 0 Å². The lowest BCUT2D eigenvalue weighted by Gasteiger charge is -2.14. The van der Waals surface area contributed by atoms with Gasteiger partial charge in [0.15, 0.2) is 0 Å². The highest BCUT2D eigenvalue weighted by atomic mass is 32.1. The van der Waals surface area contributed by atoms with Crippen molar-refractivity contribution < 1.29 is 9.59 Å². The molecule has 0 unspecified atom stereocenters. The van der Waals surface area contributed by atoms with E-state index in [9.17, 15) is 9.59 Å². The summed E-state index contributed by atoms with van der Waals surface area (Å²) in [6, 6.07) is 9.77. The molecule has 1 fully saturated rings. The number of thiophene rings is 1. The van der Waals surface area contributed by atoms with Crippen molar-refractivity contribution in [3.05, 3.63) is 47.1 Å². The molecule has 0 spiro atoms. The summed E-state index contributed by atoms with van der Waals surface area (Å²) < 4.78 is 2.88. The third-order valence-electron chi connectivity index (χ3n) is 4.98. The summed E-state index contributed by atoms with van der Waals surface area (Å²) in [6.45, 7) is 1.05. The molecule has 146 valence electrons. The summed E-state index contributed by atoms with van der Waals surface area (Å²) in [4.78, 5) is 26.9. The number of carbonyl (C=O) groups is 2. The van der Waals surface area contributed by atoms with Gasteiger partial charge in [-0.15, -0.1) is 16.4 Å². The maximum Gasteiger partial charge on any atom is 0.264 e. The fourth-order valence-corrected chi connectivity index (χ4v) is 4.50. The molecule has 0 radical (unpaired) electrons. The Bertz CT molecular complexity index is 980. The van der Waals surface area contributed by atoms with E-state index in [1.807, 2.05) is 36.5 Å². The lowest BCUT2D eigenvalue weighted by Crippen LogP contribution is -2.38. The van der Waals surface area contributed by atoms with Crippen molar-refractivity contribution in [1.82, 2.24) is 30.5 Å². The van der Waals surface area contributed by atoms with Crippen molar-refractivity contribution in [3.63, 3.8) is 0 Å². The van der Waals surface area contributed by atoms with Crippen LogP contribution in [0.4, 0.5) is 0 Å². The molecule has 2 N–H and O–H groups in total. The van der Waals surface area contributed by atoms with Crippen molar-refractivity contribution in [2.24, 2.45) is 0 Å². The number of aromatic nitrogens is 3. The minimum Gasteiger partial charge on any atom is -0.358 e. The maximum absolute atomic E-state index is 12.8. The Kier molecular flexibility index (Phi) is 5.10. The van der Waals surface area contributed by atoms with Crippen LogP contribution >= 0.6 is 11.3 Å². The summed E-state index contributed by atoms with van der Waals surface area (Å²) in [7, 11) is 3.40. The molecule has 1 saturated heterocycles. The minimum atomic E-state index is -0.208. The van der Waals surface area contributed by atoms with Gasteiger partial charge >= 0.3 is 0 Å². The van der Waals surface area contributed by atoms with Crippen molar-refractivity contribution in [1.29, 1.82) is 0 Å². The Labute approximate surface area is 166 Å². The SMILES string of the molecule is CNC(=O)[C@@H]1C[C@@H](n2cc(CN(C)C(=O)c3cc4ccccc4s3)nn2)CN1. The van der Waals surface area contributed by atoms with Gasteiger partial charge in [-0.1, -0.05) is 23.4 Å². The highest BCUT2D eigenvalue weighted by Crippen LogP contribution is 2.26. The number of amides is 2. The van der Waals surface area contributed by atoms with Gasteiger partial charge in [-0.2, -0.15) is 0 Å². The van der Waals surface area contributed by atoms with E-state index in [1.165, 1.54) is 11.3 Å². The molecular weight excluding hydrogens is 376 g/mol. The van der Waals surface area contributed by atoms with Gasteiger partial charge in [-0.05, 0) is 23.9 Å². The normalized spacial score (nSPS) is 19.1. The Balaban J connectivity index is 1.40. The fourth-order valence-electron chi connectivity index (χ4n) is 3.45. The Hall–Kier alpha value is -2.78. The average molecular weight is 398 g/mol. The minimum absolute atomic E-state index is 0.0171. The highest BCUT2D eigenvalue weighted by Gasteiger charge is 2.30. The molecule has 1 aliphatic rings. The van der Waals surface area contributed by atoms with Crippen LogP contribution in [0.1, 0.15) is 27.8 Å². The van der Waals surface area contributed by atoms with Crippen molar-refractivity contribution in [3.8, 4) is 0 Å². The molecule has 1 aromatic carbocycles. The zero-order valence-electron chi connectivity index (χ0n) is 15.8. The molecular formula is C19H22N6O2S. The number of nitrogens with zero attached hydrogens (tertiary/aromatic N) is 4. The first-order chi connectivity index (χ1) is 13.5. The third-order valence-corrected chi connectivity index (χ3v) is 6.09. The monoisotopic (exact) mass is 398 g/mol. The maximum atomic E-state index is 12.8. The standard InChI is InChI=1S/C19H22N6O2S/c1-20-18(26)15-8-14(9-21-15)25-11-13(22-23-25)10-24(2)19(27)17-7-12-5-3-4-6-16(12)28-17/h3-7,11,14-15,21H,8-10H2,1-2H3,(H,20,26)/t14-,15+/m1/s1. The molecule has 9 heteroatoms. The van der Waals surface area contributed by atoms with E-state index in [-0.39, 0.29) is 23.9 Å². The van der Waals surface area contributed by atoms with E-state index >= 15 is 0 Å². The van der Waals surface area contributed by atoms with Gasteiger partial charge in [0.05, 0.1) is 29.7 Å². The Morgan fingerprint density at radius 1 is 1.39 bits per heavy atom. The summed E-state index contributed by atoms with van der Waals surface area (Å²) in [6.07, 6.45) is 2.52. The number of fused-ring (bicyclic) bond motifs is 1. The molecule has 0 bridgehead atoms. The number of hydrogen-bond donors (Lipinski definition) is 2. The average Bonchev–Trinajstić information content (AvgIpc) is 3.44. The van der Waals surface area contributed by atoms with Gasteiger partial charge in [0.2, 0.25) is 5.91 Å². The van der Waals surface area contributed by atoms with E-state index in [4.69, 9.17) is 0 Å². The van der Waals surface area contributed by atoms with Crippen LogP contribution in [0.15, 0.2) is 36.5 Å². The first-order valence-electron chi connectivity index (χ1n) is 9.15. The Morgan fingerprint density at radius 3 is 3.00 bits per heavy atom. The van der Waals surface area contributed by atoms with Crippen molar-refractivity contribution >= 4 is 33.2 Å². The number of nitrogens with one attached hydrogen (secondary N) is 2. The second-order valence-corrected chi connectivity index (χ2v) is 8.05. The number of likely N-dealkylation sites (N-methyl/N-ethyl adjacent to an activating group) is 1. The lowest BCUT2D eigenvalue weighted by molar-refractivity contribution is -0.122. The number of benzene rings is 1. The van der Waals surface area contributed by atoms with Crippen LogP contribution in [0.3, 0.4) is 0 Å². The quantitative estimate of drug-likeness (QED) is 0.678. The summed E-state index contributed by atoms with van der Waals surface area (Å²) in [5.41, 5.74) is 0.723. The lowest BCUT2D eigenvalue weighted by atomic mass is 10.1. The number of rotatable bonds is 5.